The number of likely N-dealkylation sites (tertiary alicyclic amines) is 1. The second-order valence-electron chi connectivity index (χ2n) is 4.25. The average molecular weight is 198 g/mol. The van der Waals surface area contributed by atoms with Gasteiger partial charge < -0.3 is 15.4 Å². The van der Waals surface area contributed by atoms with Crippen molar-refractivity contribution in [3.8, 4) is 0 Å². The Kier molecular flexibility index (Phi) is 2.74. The van der Waals surface area contributed by atoms with E-state index < -0.39 is 0 Å². The highest BCUT2D eigenvalue weighted by Crippen LogP contribution is 2.28. The molecule has 0 aromatic carbocycles. The van der Waals surface area contributed by atoms with E-state index in [2.05, 4.69) is 0 Å². The number of hydrogen-bond acceptors (Lipinski definition) is 3. The molecule has 0 spiro atoms. The summed E-state index contributed by atoms with van der Waals surface area (Å²) in [6, 6.07) is 0.123. The van der Waals surface area contributed by atoms with Gasteiger partial charge in [0.15, 0.2) is 0 Å². The first-order chi connectivity index (χ1) is 6.72. The lowest BCUT2D eigenvalue weighted by molar-refractivity contribution is -0.130. The summed E-state index contributed by atoms with van der Waals surface area (Å²) in [7, 11) is 1.74. The van der Waals surface area contributed by atoms with Crippen molar-refractivity contribution in [1.82, 2.24) is 4.90 Å². The number of methoxy groups -OCH3 is 1. The van der Waals surface area contributed by atoms with E-state index in [4.69, 9.17) is 10.5 Å². The highest BCUT2D eigenvalue weighted by atomic mass is 16.5. The summed E-state index contributed by atoms with van der Waals surface area (Å²) < 4.78 is 5.29. The Labute approximate surface area is 84.4 Å². The van der Waals surface area contributed by atoms with Crippen LogP contribution < -0.4 is 5.73 Å². The van der Waals surface area contributed by atoms with Crippen LogP contribution in [0.5, 0.6) is 0 Å². The van der Waals surface area contributed by atoms with E-state index in [1.807, 2.05) is 4.90 Å². The van der Waals surface area contributed by atoms with Crippen molar-refractivity contribution in [3.05, 3.63) is 0 Å². The SMILES string of the molecule is COC1CCC(N2CCC(N)C2=O)C1. The number of hydrogen-bond donors (Lipinski definition) is 1. The van der Waals surface area contributed by atoms with Crippen molar-refractivity contribution in [2.45, 2.75) is 43.9 Å². The molecule has 2 fully saturated rings. The zero-order valence-electron chi connectivity index (χ0n) is 8.61. The highest BCUT2D eigenvalue weighted by molar-refractivity contribution is 5.84. The van der Waals surface area contributed by atoms with Gasteiger partial charge in [0.05, 0.1) is 12.1 Å². The molecule has 0 aromatic rings. The van der Waals surface area contributed by atoms with Gasteiger partial charge in [0.2, 0.25) is 5.91 Å². The molecule has 1 aliphatic carbocycles. The summed E-state index contributed by atoms with van der Waals surface area (Å²) >= 11 is 0. The zero-order valence-corrected chi connectivity index (χ0v) is 8.61. The second kappa shape index (κ2) is 3.87. The van der Waals surface area contributed by atoms with Gasteiger partial charge in [0.25, 0.3) is 0 Å². The Balaban J connectivity index is 1.94. The molecule has 1 heterocycles. The van der Waals surface area contributed by atoms with E-state index in [1.165, 1.54) is 0 Å². The Morgan fingerprint density at radius 2 is 2.21 bits per heavy atom. The minimum Gasteiger partial charge on any atom is -0.381 e. The summed E-state index contributed by atoms with van der Waals surface area (Å²) in [6.07, 6.45) is 4.27. The molecule has 4 heteroatoms. The van der Waals surface area contributed by atoms with Crippen LogP contribution in [0.2, 0.25) is 0 Å². The molecule has 80 valence electrons. The smallest absolute Gasteiger partial charge is 0.239 e. The third kappa shape index (κ3) is 1.64. The molecule has 2 N–H and O–H groups in total. The van der Waals surface area contributed by atoms with Gasteiger partial charge in [-0.2, -0.15) is 0 Å². The Morgan fingerprint density at radius 3 is 2.71 bits per heavy atom. The maximum absolute atomic E-state index is 11.6. The van der Waals surface area contributed by atoms with Crippen LogP contribution in [0.1, 0.15) is 25.7 Å². The predicted octanol–water partition coefficient (Wildman–Crippen LogP) is 0.113. The lowest BCUT2D eigenvalue weighted by atomic mass is 10.2. The van der Waals surface area contributed by atoms with Crippen LogP contribution >= 0.6 is 0 Å². The molecule has 2 aliphatic rings. The quantitative estimate of drug-likeness (QED) is 0.685. The summed E-state index contributed by atoms with van der Waals surface area (Å²) in [5.41, 5.74) is 5.68. The number of carbonyl (C=O) groups is 1. The van der Waals surface area contributed by atoms with E-state index in [1.54, 1.807) is 7.11 Å². The van der Waals surface area contributed by atoms with Crippen molar-refractivity contribution >= 4 is 5.91 Å². The Bertz CT molecular complexity index is 232. The van der Waals surface area contributed by atoms with Crippen LogP contribution in [0.15, 0.2) is 0 Å². The molecule has 1 amide bonds. The van der Waals surface area contributed by atoms with Gasteiger partial charge in [-0.3, -0.25) is 4.79 Å². The first kappa shape index (κ1) is 9.93. The number of amides is 1. The standard InChI is InChI=1S/C10H18N2O2/c1-14-8-3-2-7(6-8)12-5-4-9(11)10(12)13/h7-9H,2-6,11H2,1H3. The molecule has 2 rings (SSSR count). The van der Waals surface area contributed by atoms with E-state index >= 15 is 0 Å². The maximum Gasteiger partial charge on any atom is 0.239 e. The third-order valence-corrected chi connectivity index (χ3v) is 3.41. The van der Waals surface area contributed by atoms with Gasteiger partial charge in [-0.05, 0) is 25.7 Å². The monoisotopic (exact) mass is 198 g/mol. The molecule has 0 aromatic heterocycles. The highest BCUT2D eigenvalue weighted by Gasteiger charge is 2.37. The molecule has 0 radical (unpaired) electrons. The van der Waals surface area contributed by atoms with E-state index in [0.29, 0.717) is 12.1 Å². The molecule has 1 saturated heterocycles. The Hall–Kier alpha value is -0.610. The van der Waals surface area contributed by atoms with Crippen LogP contribution in [-0.4, -0.2) is 42.6 Å². The molecule has 14 heavy (non-hydrogen) atoms. The molecular weight excluding hydrogens is 180 g/mol. The fourth-order valence-electron chi connectivity index (χ4n) is 2.50. The fraction of sp³-hybridized carbons (Fsp3) is 0.900. The third-order valence-electron chi connectivity index (χ3n) is 3.41. The van der Waals surface area contributed by atoms with E-state index in [9.17, 15) is 4.79 Å². The summed E-state index contributed by atoms with van der Waals surface area (Å²) in [4.78, 5) is 13.6. The van der Waals surface area contributed by atoms with Crippen molar-refractivity contribution in [3.63, 3.8) is 0 Å². The zero-order chi connectivity index (χ0) is 10.1. The maximum atomic E-state index is 11.6. The fourth-order valence-corrected chi connectivity index (χ4v) is 2.50. The van der Waals surface area contributed by atoms with Crippen molar-refractivity contribution in [2.75, 3.05) is 13.7 Å². The summed E-state index contributed by atoms with van der Waals surface area (Å²) in [5.74, 6) is 0.131. The first-order valence-corrected chi connectivity index (χ1v) is 5.31. The van der Waals surface area contributed by atoms with E-state index in [-0.39, 0.29) is 11.9 Å². The topological polar surface area (TPSA) is 55.6 Å². The Morgan fingerprint density at radius 1 is 1.43 bits per heavy atom. The van der Waals surface area contributed by atoms with Gasteiger partial charge in [0, 0.05) is 19.7 Å². The molecule has 3 atom stereocenters. The average Bonchev–Trinajstić information content (AvgIpc) is 2.75. The number of rotatable bonds is 2. The number of nitrogens with zero attached hydrogens (tertiary/aromatic N) is 1. The van der Waals surface area contributed by atoms with Crippen LogP contribution in [0.4, 0.5) is 0 Å². The number of nitrogens with two attached hydrogens (primary N) is 1. The van der Waals surface area contributed by atoms with Crippen molar-refractivity contribution < 1.29 is 9.53 Å². The van der Waals surface area contributed by atoms with Crippen LogP contribution in [-0.2, 0) is 9.53 Å². The van der Waals surface area contributed by atoms with Crippen LogP contribution in [0.3, 0.4) is 0 Å². The van der Waals surface area contributed by atoms with Crippen LogP contribution in [0.25, 0.3) is 0 Å². The minimum atomic E-state index is -0.253. The summed E-state index contributed by atoms with van der Waals surface area (Å²) in [6.45, 7) is 0.834. The summed E-state index contributed by atoms with van der Waals surface area (Å²) in [5, 5.41) is 0. The minimum absolute atomic E-state index is 0.131. The van der Waals surface area contributed by atoms with Gasteiger partial charge in [-0.25, -0.2) is 0 Å². The molecule has 4 nitrogen and oxygen atoms in total. The van der Waals surface area contributed by atoms with Gasteiger partial charge in [-0.15, -0.1) is 0 Å². The lowest BCUT2D eigenvalue weighted by Gasteiger charge is -2.23. The van der Waals surface area contributed by atoms with Gasteiger partial charge in [-0.1, -0.05) is 0 Å². The van der Waals surface area contributed by atoms with Crippen molar-refractivity contribution in [2.24, 2.45) is 5.73 Å². The molecule has 1 saturated carbocycles. The number of carbonyl (C=O) groups excluding carboxylic acids is 1. The second-order valence-corrected chi connectivity index (χ2v) is 4.25. The van der Waals surface area contributed by atoms with E-state index in [0.717, 1.165) is 32.2 Å². The molecule has 1 aliphatic heterocycles. The lowest BCUT2D eigenvalue weighted by Crippen LogP contribution is -2.39. The molecule has 0 bridgehead atoms. The van der Waals surface area contributed by atoms with Gasteiger partial charge >= 0.3 is 0 Å². The predicted molar refractivity (Wildman–Crippen MR) is 52.7 cm³/mol. The molecule has 3 unspecified atom stereocenters. The van der Waals surface area contributed by atoms with Crippen molar-refractivity contribution in [1.29, 1.82) is 0 Å². The normalized spacial score (nSPS) is 38.3. The largest absolute Gasteiger partial charge is 0.381 e. The number of ether oxygens (including phenoxy) is 1. The molecular formula is C10H18N2O2. The van der Waals surface area contributed by atoms with Gasteiger partial charge in [0.1, 0.15) is 0 Å². The van der Waals surface area contributed by atoms with Crippen LogP contribution in [0, 0.1) is 0 Å². The first-order valence-electron chi connectivity index (χ1n) is 5.31.